The van der Waals surface area contributed by atoms with Crippen LogP contribution >= 0.6 is 0 Å². The van der Waals surface area contributed by atoms with Crippen molar-refractivity contribution in [1.82, 2.24) is 4.90 Å². The third kappa shape index (κ3) is 2.68. The quantitative estimate of drug-likeness (QED) is 0.743. The summed E-state index contributed by atoms with van der Waals surface area (Å²) < 4.78 is 5.63. The molecule has 2 nitrogen and oxygen atoms in total. The van der Waals surface area contributed by atoms with E-state index in [1.54, 1.807) is 0 Å². The number of hydrogen-bond acceptors (Lipinski definition) is 2. The highest BCUT2D eigenvalue weighted by Gasteiger charge is 2.45. The fraction of sp³-hybridized carbons (Fsp3) is 1.00. The van der Waals surface area contributed by atoms with Gasteiger partial charge in [0.05, 0.1) is 5.60 Å². The fourth-order valence-electron chi connectivity index (χ4n) is 4.31. The topological polar surface area (TPSA) is 12.5 Å². The first-order valence-corrected chi connectivity index (χ1v) is 7.19. The van der Waals surface area contributed by atoms with Crippen molar-refractivity contribution in [2.24, 2.45) is 0 Å². The van der Waals surface area contributed by atoms with Crippen LogP contribution in [0.3, 0.4) is 0 Å². The molecular weight excluding hydrogens is 210 g/mol. The summed E-state index contributed by atoms with van der Waals surface area (Å²) in [6, 6.07) is 1.69. The minimum atomic E-state index is -0.0135. The van der Waals surface area contributed by atoms with E-state index in [4.69, 9.17) is 4.74 Å². The predicted molar refractivity (Wildman–Crippen MR) is 72.3 cm³/mol. The summed E-state index contributed by atoms with van der Waals surface area (Å²) in [6.45, 7) is 9.23. The highest BCUT2D eigenvalue weighted by Crippen LogP contribution is 2.43. The van der Waals surface area contributed by atoms with Gasteiger partial charge in [-0.15, -0.1) is 0 Å². The zero-order valence-corrected chi connectivity index (χ0v) is 12.3. The average Bonchev–Trinajstić information content (AvgIpc) is 2.50. The van der Waals surface area contributed by atoms with Crippen LogP contribution in [0.15, 0.2) is 0 Å². The zero-order chi connectivity index (χ0) is 12.7. The molecule has 2 bridgehead atoms. The van der Waals surface area contributed by atoms with Gasteiger partial charge in [0.2, 0.25) is 0 Å². The monoisotopic (exact) mass is 239 g/mol. The lowest BCUT2D eigenvalue weighted by molar-refractivity contribution is -0.0530. The van der Waals surface area contributed by atoms with Crippen molar-refractivity contribution in [3.63, 3.8) is 0 Å². The number of rotatable bonds is 4. The molecule has 0 saturated carbocycles. The maximum absolute atomic E-state index is 5.63. The van der Waals surface area contributed by atoms with Gasteiger partial charge in [0, 0.05) is 24.7 Å². The van der Waals surface area contributed by atoms with E-state index in [0.717, 1.165) is 18.5 Å². The zero-order valence-electron chi connectivity index (χ0n) is 12.3. The fourth-order valence-corrected chi connectivity index (χ4v) is 4.31. The molecule has 0 amide bonds. The summed E-state index contributed by atoms with van der Waals surface area (Å²) in [6.07, 6.45) is 8.21. The van der Waals surface area contributed by atoms with E-state index < -0.39 is 0 Å². The Morgan fingerprint density at radius 3 is 2.00 bits per heavy atom. The third-order valence-corrected chi connectivity index (χ3v) is 4.80. The van der Waals surface area contributed by atoms with E-state index in [-0.39, 0.29) is 11.1 Å². The summed E-state index contributed by atoms with van der Waals surface area (Å²) in [5.74, 6) is 0. The summed E-state index contributed by atoms with van der Waals surface area (Å²) in [5.41, 5.74) is 0.256. The number of methoxy groups -OCH3 is 1. The smallest absolute Gasteiger partial charge is 0.0640 e. The van der Waals surface area contributed by atoms with E-state index in [0.29, 0.717) is 0 Å². The van der Waals surface area contributed by atoms with E-state index in [2.05, 4.69) is 32.6 Å². The lowest BCUT2D eigenvalue weighted by Gasteiger charge is -2.49. The van der Waals surface area contributed by atoms with E-state index in [1.807, 2.05) is 7.11 Å². The minimum Gasteiger partial charge on any atom is -0.379 e. The van der Waals surface area contributed by atoms with Crippen LogP contribution in [-0.4, -0.2) is 35.2 Å². The second-order valence-corrected chi connectivity index (χ2v) is 7.18. The van der Waals surface area contributed by atoms with Crippen LogP contribution in [0.25, 0.3) is 0 Å². The molecule has 0 radical (unpaired) electrons. The van der Waals surface area contributed by atoms with Crippen LogP contribution in [0, 0.1) is 0 Å². The van der Waals surface area contributed by atoms with Gasteiger partial charge in [-0.2, -0.15) is 0 Å². The molecule has 0 aromatic rings. The normalized spacial score (nSPS) is 30.9. The average molecular weight is 239 g/mol. The molecule has 2 fully saturated rings. The Bertz CT molecular complexity index is 256. The first kappa shape index (κ1) is 13.4. The molecular formula is C15H29NO. The minimum absolute atomic E-state index is 0.0135. The highest BCUT2D eigenvalue weighted by atomic mass is 16.5. The van der Waals surface area contributed by atoms with Crippen molar-refractivity contribution >= 4 is 0 Å². The van der Waals surface area contributed by atoms with Crippen LogP contribution in [0.1, 0.15) is 66.2 Å². The molecule has 2 aliphatic heterocycles. The van der Waals surface area contributed by atoms with Crippen LogP contribution in [0.4, 0.5) is 0 Å². The van der Waals surface area contributed by atoms with Gasteiger partial charge in [0.15, 0.2) is 0 Å². The number of nitrogens with zero attached hydrogens (tertiary/aromatic N) is 1. The van der Waals surface area contributed by atoms with E-state index >= 15 is 0 Å². The molecule has 0 aliphatic carbocycles. The SMILES string of the molecule is COC(C)(C)CC(C)(C)N1C2CCCC1CC2. The van der Waals surface area contributed by atoms with E-state index in [1.165, 1.54) is 32.1 Å². The predicted octanol–water partition coefficient (Wildman–Crippen LogP) is 3.60. The van der Waals surface area contributed by atoms with Gasteiger partial charge < -0.3 is 4.74 Å². The molecule has 0 spiro atoms. The van der Waals surface area contributed by atoms with E-state index in [9.17, 15) is 0 Å². The van der Waals surface area contributed by atoms with Crippen molar-refractivity contribution in [3.05, 3.63) is 0 Å². The number of hydrogen-bond donors (Lipinski definition) is 0. The van der Waals surface area contributed by atoms with Crippen molar-refractivity contribution in [1.29, 1.82) is 0 Å². The third-order valence-electron chi connectivity index (χ3n) is 4.80. The van der Waals surface area contributed by atoms with Crippen LogP contribution in [0.2, 0.25) is 0 Å². The summed E-state index contributed by atoms with van der Waals surface area (Å²) in [7, 11) is 1.83. The lowest BCUT2D eigenvalue weighted by Crippen LogP contribution is -2.55. The van der Waals surface area contributed by atoms with Crippen molar-refractivity contribution < 1.29 is 4.74 Å². The Hall–Kier alpha value is -0.0800. The number of fused-ring (bicyclic) bond motifs is 2. The molecule has 0 aromatic heterocycles. The molecule has 2 atom stereocenters. The number of ether oxygens (including phenoxy) is 1. The van der Waals surface area contributed by atoms with Crippen molar-refractivity contribution in [3.8, 4) is 0 Å². The molecule has 100 valence electrons. The standard InChI is InChI=1S/C15H29NO/c1-14(2,11-15(3,4)17-5)16-12-7-6-8-13(16)10-9-12/h12-13H,6-11H2,1-5H3. The molecule has 0 aromatic carbocycles. The Morgan fingerprint density at radius 2 is 1.53 bits per heavy atom. The van der Waals surface area contributed by atoms with Crippen LogP contribution in [0.5, 0.6) is 0 Å². The summed E-state index contributed by atoms with van der Waals surface area (Å²) in [5, 5.41) is 0. The molecule has 17 heavy (non-hydrogen) atoms. The molecule has 2 rings (SSSR count). The molecule has 2 heterocycles. The largest absolute Gasteiger partial charge is 0.379 e. The second kappa shape index (κ2) is 4.55. The van der Waals surface area contributed by atoms with Gasteiger partial charge >= 0.3 is 0 Å². The van der Waals surface area contributed by atoms with Crippen molar-refractivity contribution in [2.75, 3.05) is 7.11 Å². The van der Waals surface area contributed by atoms with Gasteiger partial charge in [-0.05, 0) is 59.8 Å². The highest BCUT2D eigenvalue weighted by molar-refractivity contribution is 5.01. The van der Waals surface area contributed by atoms with Crippen LogP contribution in [-0.2, 0) is 4.74 Å². The maximum atomic E-state index is 5.63. The Labute approximate surface area is 107 Å². The summed E-state index contributed by atoms with van der Waals surface area (Å²) in [4.78, 5) is 2.82. The Balaban J connectivity index is 2.10. The molecule has 2 saturated heterocycles. The van der Waals surface area contributed by atoms with Crippen LogP contribution < -0.4 is 0 Å². The van der Waals surface area contributed by atoms with Crippen molar-refractivity contribution in [2.45, 2.75) is 89.4 Å². The molecule has 2 aliphatic rings. The van der Waals surface area contributed by atoms with Gasteiger partial charge in [0.25, 0.3) is 0 Å². The lowest BCUT2D eigenvalue weighted by atomic mass is 9.84. The Kier molecular flexibility index (Phi) is 3.57. The molecule has 0 N–H and O–H groups in total. The van der Waals surface area contributed by atoms with Gasteiger partial charge in [0.1, 0.15) is 0 Å². The molecule has 2 unspecified atom stereocenters. The van der Waals surface area contributed by atoms with Gasteiger partial charge in [-0.25, -0.2) is 0 Å². The maximum Gasteiger partial charge on any atom is 0.0640 e. The van der Waals surface area contributed by atoms with Gasteiger partial charge in [-0.3, -0.25) is 4.90 Å². The Morgan fingerprint density at radius 1 is 1.00 bits per heavy atom. The second-order valence-electron chi connectivity index (χ2n) is 7.18. The first-order chi connectivity index (χ1) is 7.86. The summed E-state index contributed by atoms with van der Waals surface area (Å²) >= 11 is 0. The molecule has 2 heteroatoms. The number of piperidine rings is 1. The van der Waals surface area contributed by atoms with Gasteiger partial charge in [-0.1, -0.05) is 6.42 Å². The first-order valence-electron chi connectivity index (χ1n) is 7.19.